The van der Waals surface area contributed by atoms with Crippen molar-refractivity contribution in [1.29, 1.82) is 0 Å². The number of likely N-dealkylation sites (tertiary alicyclic amines) is 1. The fraction of sp³-hybridized carbons (Fsp3) is 0.700. The molecule has 1 saturated heterocycles. The molecule has 1 fully saturated rings. The normalized spacial score (nSPS) is 18.3. The molecule has 27 heavy (non-hydrogen) atoms. The Morgan fingerprint density at radius 3 is 2.70 bits per heavy atom. The summed E-state index contributed by atoms with van der Waals surface area (Å²) in [5.41, 5.74) is 0.236. The number of rotatable bonds is 4. The van der Waals surface area contributed by atoms with Gasteiger partial charge < -0.3 is 4.90 Å². The van der Waals surface area contributed by atoms with Gasteiger partial charge in [0.15, 0.2) is 5.65 Å². The third-order valence-corrected chi connectivity index (χ3v) is 5.48. The van der Waals surface area contributed by atoms with Crippen molar-refractivity contribution in [2.45, 2.75) is 84.8 Å². The van der Waals surface area contributed by atoms with Crippen LogP contribution in [0.15, 0.2) is 11.0 Å². The van der Waals surface area contributed by atoms with Crippen LogP contribution < -0.4 is 5.56 Å². The SMILES string of the molecule is CCC1CCCCN1C(=O)CCn1c(C)nc2c(cnn2C(C)(C)C)c1=O. The summed E-state index contributed by atoms with van der Waals surface area (Å²) in [5, 5.41) is 4.87. The third-order valence-electron chi connectivity index (χ3n) is 5.48. The minimum Gasteiger partial charge on any atom is -0.340 e. The Kier molecular flexibility index (Phi) is 5.40. The van der Waals surface area contributed by atoms with Gasteiger partial charge in [0.2, 0.25) is 5.91 Å². The van der Waals surface area contributed by atoms with Crippen molar-refractivity contribution in [3.05, 3.63) is 22.4 Å². The van der Waals surface area contributed by atoms with E-state index in [0.717, 1.165) is 25.8 Å². The Bertz CT molecular complexity index is 890. The standard InChI is InChI=1S/C20H31N5O2/c1-6-15-9-7-8-11-24(15)17(26)10-12-23-14(2)22-18-16(19(23)27)13-21-25(18)20(3,4)5/h13,15H,6-12H2,1-5H3. The smallest absolute Gasteiger partial charge is 0.264 e. The number of carbonyl (C=O) groups excluding carboxylic acids is 1. The number of aryl methyl sites for hydroxylation is 1. The highest BCUT2D eigenvalue weighted by molar-refractivity contribution is 5.77. The van der Waals surface area contributed by atoms with Gasteiger partial charge in [0.1, 0.15) is 11.2 Å². The van der Waals surface area contributed by atoms with Gasteiger partial charge in [-0.25, -0.2) is 9.67 Å². The van der Waals surface area contributed by atoms with Gasteiger partial charge in [-0.2, -0.15) is 5.10 Å². The van der Waals surface area contributed by atoms with Crippen LogP contribution in [0, 0.1) is 6.92 Å². The molecule has 0 bridgehead atoms. The summed E-state index contributed by atoms with van der Waals surface area (Å²) >= 11 is 0. The summed E-state index contributed by atoms with van der Waals surface area (Å²) in [6, 6.07) is 0.342. The van der Waals surface area contributed by atoms with Crippen LogP contribution in [0.25, 0.3) is 11.0 Å². The summed E-state index contributed by atoms with van der Waals surface area (Å²) in [5.74, 6) is 0.760. The number of nitrogens with zero attached hydrogens (tertiary/aromatic N) is 5. The molecule has 2 aromatic rings. The average molecular weight is 374 g/mol. The second-order valence-corrected chi connectivity index (χ2v) is 8.48. The van der Waals surface area contributed by atoms with Crippen LogP contribution in [0.2, 0.25) is 0 Å². The second-order valence-electron chi connectivity index (χ2n) is 8.48. The number of piperidine rings is 1. The van der Waals surface area contributed by atoms with E-state index in [1.165, 1.54) is 6.42 Å². The van der Waals surface area contributed by atoms with Crippen molar-refractivity contribution in [3.8, 4) is 0 Å². The van der Waals surface area contributed by atoms with Crippen LogP contribution in [-0.4, -0.2) is 42.7 Å². The van der Waals surface area contributed by atoms with Crippen LogP contribution in [0.1, 0.15) is 65.6 Å². The lowest BCUT2D eigenvalue weighted by molar-refractivity contribution is -0.135. The van der Waals surface area contributed by atoms with Gasteiger partial charge in [-0.1, -0.05) is 6.92 Å². The molecule has 1 aliphatic rings. The van der Waals surface area contributed by atoms with E-state index in [1.54, 1.807) is 15.4 Å². The van der Waals surface area contributed by atoms with Crippen molar-refractivity contribution < 1.29 is 4.79 Å². The highest BCUT2D eigenvalue weighted by Crippen LogP contribution is 2.21. The summed E-state index contributed by atoms with van der Waals surface area (Å²) in [7, 11) is 0. The fourth-order valence-corrected chi connectivity index (χ4v) is 3.97. The zero-order chi connectivity index (χ0) is 19.8. The Morgan fingerprint density at radius 2 is 2.04 bits per heavy atom. The number of fused-ring (bicyclic) bond motifs is 1. The molecule has 1 atom stereocenters. The number of aromatic nitrogens is 4. The van der Waals surface area contributed by atoms with Crippen LogP contribution >= 0.6 is 0 Å². The maximum Gasteiger partial charge on any atom is 0.264 e. The van der Waals surface area contributed by atoms with Gasteiger partial charge in [-0.15, -0.1) is 0 Å². The van der Waals surface area contributed by atoms with E-state index in [2.05, 4.69) is 17.0 Å². The quantitative estimate of drug-likeness (QED) is 0.826. The van der Waals surface area contributed by atoms with E-state index in [9.17, 15) is 9.59 Å². The summed E-state index contributed by atoms with van der Waals surface area (Å²) in [6.07, 6.45) is 6.26. The maximum absolute atomic E-state index is 12.9. The molecule has 2 aromatic heterocycles. The Morgan fingerprint density at radius 1 is 1.30 bits per heavy atom. The van der Waals surface area contributed by atoms with Crippen LogP contribution in [0.5, 0.6) is 0 Å². The van der Waals surface area contributed by atoms with Gasteiger partial charge in [0.25, 0.3) is 5.56 Å². The molecule has 0 radical (unpaired) electrons. The van der Waals surface area contributed by atoms with Gasteiger partial charge in [0.05, 0.1) is 11.7 Å². The summed E-state index contributed by atoms with van der Waals surface area (Å²) < 4.78 is 3.39. The number of amides is 1. The monoisotopic (exact) mass is 373 g/mol. The maximum atomic E-state index is 12.9. The van der Waals surface area contributed by atoms with Crippen molar-refractivity contribution in [3.63, 3.8) is 0 Å². The zero-order valence-electron chi connectivity index (χ0n) is 17.2. The molecule has 3 heterocycles. The van der Waals surface area contributed by atoms with Gasteiger partial charge in [-0.05, 0) is 53.4 Å². The lowest BCUT2D eigenvalue weighted by Crippen LogP contribution is -2.44. The molecule has 3 rings (SSSR count). The van der Waals surface area contributed by atoms with E-state index in [0.29, 0.717) is 35.9 Å². The highest BCUT2D eigenvalue weighted by atomic mass is 16.2. The van der Waals surface area contributed by atoms with Crippen molar-refractivity contribution in [1.82, 2.24) is 24.2 Å². The predicted octanol–water partition coefficient (Wildman–Crippen LogP) is 2.84. The fourth-order valence-electron chi connectivity index (χ4n) is 3.97. The molecule has 1 aliphatic heterocycles. The molecule has 1 amide bonds. The number of hydrogen-bond donors (Lipinski definition) is 0. The van der Waals surface area contributed by atoms with Crippen LogP contribution in [0.4, 0.5) is 0 Å². The van der Waals surface area contributed by atoms with Crippen molar-refractivity contribution in [2.24, 2.45) is 0 Å². The lowest BCUT2D eigenvalue weighted by Gasteiger charge is -2.35. The van der Waals surface area contributed by atoms with E-state index in [1.807, 2.05) is 32.6 Å². The first-order valence-electron chi connectivity index (χ1n) is 9.99. The van der Waals surface area contributed by atoms with E-state index in [4.69, 9.17) is 0 Å². The Balaban J connectivity index is 1.83. The Hall–Kier alpha value is -2.18. The molecule has 0 saturated carbocycles. The minimum absolute atomic E-state index is 0.119. The Labute approximate surface area is 160 Å². The van der Waals surface area contributed by atoms with Crippen LogP contribution in [-0.2, 0) is 16.9 Å². The lowest BCUT2D eigenvalue weighted by atomic mass is 9.99. The summed E-state index contributed by atoms with van der Waals surface area (Å²) in [4.78, 5) is 32.3. The largest absolute Gasteiger partial charge is 0.340 e. The molecular weight excluding hydrogens is 342 g/mol. The summed E-state index contributed by atoms with van der Waals surface area (Å²) in [6.45, 7) is 11.2. The average Bonchev–Trinajstić information content (AvgIpc) is 3.05. The number of carbonyl (C=O) groups is 1. The number of hydrogen-bond acceptors (Lipinski definition) is 4. The van der Waals surface area contributed by atoms with Crippen molar-refractivity contribution in [2.75, 3.05) is 6.54 Å². The highest BCUT2D eigenvalue weighted by Gasteiger charge is 2.26. The molecule has 0 aromatic carbocycles. The molecule has 0 spiro atoms. The molecule has 7 heteroatoms. The topological polar surface area (TPSA) is 73.0 Å². The molecular formula is C20H31N5O2. The molecule has 1 unspecified atom stereocenters. The second kappa shape index (κ2) is 7.44. The first kappa shape index (κ1) is 19.6. The molecule has 7 nitrogen and oxygen atoms in total. The predicted molar refractivity (Wildman–Crippen MR) is 106 cm³/mol. The van der Waals surface area contributed by atoms with Gasteiger partial charge >= 0.3 is 0 Å². The van der Waals surface area contributed by atoms with E-state index in [-0.39, 0.29) is 17.0 Å². The zero-order valence-corrected chi connectivity index (χ0v) is 17.2. The van der Waals surface area contributed by atoms with E-state index < -0.39 is 0 Å². The van der Waals surface area contributed by atoms with E-state index >= 15 is 0 Å². The third kappa shape index (κ3) is 3.77. The first-order chi connectivity index (χ1) is 12.7. The molecule has 0 aliphatic carbocycles. The van der Waals surface area contributed by atoms with Crippen LogP contribution in [0.3, 0.4) is 0 Å². The minimum atomic E-state index is -0.251. The molecule has 0 N–H and O–H groups in total. The van der Waals surface area contributed by atoms with Gasteiger partial charge in [0, 0.05) is 25.6 Å². The first-order valence-corrected chi connectivity index (χ1v) is 9.99. The molecule has 148 valence electrons. The van der Waals surface area contributed by atoms with Gasteiger partial charge in [-0.3, -0.25) is 14.2 Å². The van der Waals surface area contributed by atoms with Crippen molar-refractivity contribution >= 4 is 16.9 Å².